The molecule has 0 saturated carbocycles. The summed E-state index contributed by atoms with van der Waals surface area (Å²) in [6.45, 7) is 15.6. The van der Waals surface area contributed by atoms with Gasteiger partial charge in [0.2, 0.25) is 0 Å². The molecule has 0 aromatic heterocycles. The molecule has 0 N–H and O–H groups in total. The molecular weight excluding hydrogens is 144 g/mol. The van der Waals surface area contributed by atoms with E-state index in [2.05, 4.69) is 27.0 Å². The fourth-order valence-corrected chi connectivity index (χ4v) is 0. The van der Waals surface area contributed by atoms with Crippen molar-refractivity contribution in [1.82, 2.24) is 0 Å². The molecule has 0 amide bonds. The minimum atomic E-state index is 0. The summed E-state index contributed by atoms with van der Waals surface area (Å²) in [6.07, 6.45) is 2.22. The summed E-state index contributed by atoms with van der Waals surface area (Å²) < 4.78 is 0. The van der Waals surface area contributed by atoms with Gasteiger partial charge in [0.15, 0.2) is 0 Å². The van der Waals surface area contributed by atoms with E-state index in [4.69, 9.17) is 0 Å². The van der Waals surface area contributed by atoms with Crippen molar-refractivity contribution in [3.63, 3.8) is 0 Å². The van der Waals surface area contributed by atoms with E-state index in [-0.39, 0.29) is 14.9 Å². The van der Waals surface area contributed by atoms with Gasteiger partial charge < -0.3 is 0 Å². The van der Waals surface area contributed by atoms with Gasteiger partial charge in [-0.05, 0) is 26.7 Å². The Hall–Kier alpha value is -0.520. The number of hydrogen-bond donors (Lipinski definition) is 0. The molecule has 0 aliphatic heterocycles. The molecule has 0 spiro atoms. The van der Waals surface area contributed by atoms with Crippen LogP contribution in [-0.4, -0.2) is 0 Å². The maximum Gasteiger partial charge on any atom is -0.0354 e. The topological polar surface area (TPSA) is 0 Å². The quantitative estimate of drug-likeness (QED) is 0.501. The molecule has 0 bridgehead atoms. The minimum Gasteiger partial charge on any atom is -0.100 e. The SMILES string of the molecule is C.C.C=C(C)CC.C=C(C)CC. The van der Waals surface area contributed by atoms with Gasteiger partial charge in [-0.1, -0.05) is 39.8 Å². The second-order valence-electron chi connectivity index (χ2n) is 2.62. The van der Waals surface area contributed by atoms with Gasteiger partial charge in [0.1, 0.15) is 0 Å². The molecule has 0 aliphatic carbocycles. The van der Waals surface area contributed by atoms with Crippen molar-refractivity contribution < 1.29 is 0 Å². The van der Waals surface area contributed by atoms with Crippen molar-refractivity contribution in [3.8, 4) is 0 Å². The molecule has 0 radical (unpaired) electrons. The Kier molecular flexibility index (Phi) is 31.6. The summed E-state index contributed by atoms with van der Waals surface area (Å²) in [7, 11) is 0. The fourth-order valence-electron chi connectivity index (χ4n) is 0. The van der Waals surface area contributed by atoms with Crippen molar-refractivity contribution in [2.75, 3.05) is 0 Å². The fraction of sp³-hybridized carbons (Fsp3) is 0.667. The molecule has 0 aromatic rings. The zero-order valence-corrected chi connectivity index (χ0v) is 7.83. The summed E-state index contributed by atoms with van der Waals surface area (Å²) in [5, 5.41) is 0. The minimum absolute atomic E-state index is 0. The van der Waals surface area contributed by atoms with Crippen LogP contribution in [0.25, 0.3) is 0 Å². The lowest BCUT2D eigenvalue weighted by atomic mass is 10.3. The van der Waals surface area contributed by atoms with Crippen LogP contribution < -0.4 is 0 Å². The molecule has 0 heteroatoms. The lowest BCUT2D eigenvalue weighted by molar-refractivity contribution is 1.11. The van der Waals surface area contributed by atoms with Crippen LogP contribution in [0.4, 0.5) is 0 Å². The first-order valence-corrected chi connectivity index (χ1v) is 3.83. The first kappa shape index (κ1) is 22.5. The highest BCUT2D eigenvalue weighted by molar-refractivity contribution is 4.85. The summed E-state index contributed by atoms with van der Waals surface area (Å²) in [4.78, 5) is 0. The van der Waals surface area contributed by atoms with E-state index in [1.165, 1.54) is 11.1 Å². The van der Waals surface area contributed by atoms with Gasteiger partial charge >= 0.3 is 0 Å². The molecule has 0 saturated heterocycles. The van der Waals surface area contributed by atoms with Crippen molar-refractivity contribution >= 4 is 0 Å². The van der Waals surface area contributed by atoms with Gasteiger partial charge in [-0.2, -0.15) is 0 Å². The Morgan fingerprint density at radius 2 is 0.917 bits per heavy atom. The van der Waals surface area contributed by atoms with E-state index < -0.39 is 0 Å². The Morgan fingerprint density at radius 3 is 0.917 bits per heavy atom. The predicted molar refractivity (Wildman–Crippen MR) is 63.7 cm³/mol. The third kappa shape index (κ3) is 56.3. The van der Waals surface area contributed by atoms with Gasteiger partial charge in [0, 0.05) is 0 Å². The molecular formula is C12H28. The average molecular weight is 172 g/mol. The Bertz CT molecular complexity index is 84.6. The van der Waals surface area contributed by atoms with Gasteiger partial charge in [0.25, 0.3) is 0 Å². The van der Waals surface area contributed by atoms with Crippen molar-refractivity contribution in [1.29, 1.82) is 0 Å². The smallest absolute Gasteiger partial charge is 0.0354 e. The molecule has 76 valence electrons. The molecule has 0 aliphatic rings. The number of hydrogen-bond acceptors (Lipinski definition) is 0. The average Bonchev–Trinajstić information content (AvgIpc) is 1.89. The first-order valence-electron chi connectivity index (χ1n) is 3.83. The van der Waals surface area contributed by atoms with Crippen LogP contribution >= 0.6 is 0 Å². The monoisotopic (exact) mass is 172 g/mol. The zero-order chi connectivity index (χ0) is 8.57. The van der Waals surface area contributed by atoms with Crippen LogP contribution in [0, 0.1) is 0 Å². The second-order valence-corrected chi connectivity index (χ2v) is 2.62. The highest BCUT2D eigenvalue weighted by atomic mass is 13.7. The van der Waals surface area contributed by atoms with Crippen LogP contribution in [0.2, 0.25) is 0 Å². The van der Waals surface area contributed by atoms with Gasteiger partial charge in [0.05, 0.1) is 0 Å². The van der Waals surface area contributed by atoms with Crippen LogP contribution in [-0.2, 0) is 0 Å². The second kappa shape index (κ2) is 16.8. The molecule has 0 rings (SSSR count). The third-order valence-corrected chi connectivity index (χ3v) is 1.21. The Labute approximate surface area is 80.4 Å². The van der Waals surface area contributed by atoms with E-state index in [1.807, 2.05) is 13.8 Å². The largest absolute Gasteiger partial charge is 0.100 e. The van der Waals surface area contributed by atoms with Crippen molar-refractivity contribution in [2.24, 2.45) is 0 Å². The van der Waals surface area contributed by atoms with Gasteiger partial charge in [-0.25, -0.2) is 0 Å². The summed E-state index contributed by atoms with van der Waals surface area (Å²) in [5.41, 5.74) is 2.51. The van der Waals surface area contributed by atoms with Gasteiger partial charge in [-0.3, -0.25) is 0 Å². The van der Waals surface area contributed by atoms with Crippen molar-refractivity contribution in [2.45, 2.75) is 55.4 Å². The maximum absolute atomic E-state index is 3.67. The molecule has 0 heterocycles. The standard InChI is InChI=1S/2C5H10.2CH4/c2*1-4-5(2)3;;/h2*2,4H2,1,3H3;2*1H4. The maximum atomic E-state index is 3.67. The highest BCUT2D eigenvalue weighted by Crippen LogP contribution is 1.89. The van der Waals surface area contributed by atoms with E-state index in [1.54, 1.807) is 0 Å². The van der Waals surface area contributed by atoms with E-state index >= 15 is 0 Å². The van der Waals surface area contributed by atoms with Crippen molar-refractivity contribution in [3.05, 3.63) is 24.3 Å². The summed E-state index contributed by atoms with van der Waals surface area (Å²) in [5.74, 6) is 0. The molecule has 0 atom stereocenters. The van der Waals surface area contributed by atoms with E-state index in [0.29, 0.717) is 0 Å². The van der Waals surface area contributed by atoms with E-state index in [0.717, 1.165) is 12.8 Å². The third-order valence-electron chi connectivity index (χ3n) is 1.21. The highest BCUT2D eigenvalue weighted by Gasteiger charge is 1.68. The van der Waals surface area contributed by atoms with Crippen LogP contribution in [0.1, 0.15) is 55.4 Å². The number of allylic oxidation sites excluding steroid dienone is 2. The first-order chi connectivity index (χ1) is 4.54. The summed E-state index contributed by atoms with van der Waals surface area (Å²) >= 11 is 0. The molecule has 0 unspecified atom stereocenters. The lowest BCUT2D eigenvalue weighted by Gasteiger charge is -1.79. The normalized spacial score (nSPS) is 6.33. The van der Waals surface area contributed by atoms with Crippen LogP contribution in [0.3, 0.4) is 0 Å². The van der Waals surface area contributed by atoms with Gasteiger partial charge in [-0.15, -0.1) is 13.2 Å². The van der Waals surface area contributed by atoms with Crippen LogP contribution in [0.15, 0.2) is 24.3 Å². The Balaban J connectivity index is -0.0000000457. The lowest BCUT2D eigenvalue weighted by Crippen LogP contribution is -1.58. The molecule has 0 fully saturated rings. The zero-order valence-electron chi connectivity index (χ0n) is 7.83. The predicted octanol–water partition coefficient (Wildman–Crippen LogP) is 5.22. The number of rotatable bonds is 2. The Morgan fingerprint density at radius 1 is 0.833 bits per heavy atom. The summed E-state index contributed by atoms with van der Waals surface area (Å²) in [6, 6.07) is 0. The molecule has 12 heavy (non-hydrogen) atoms. The van der Waals surface area contributed by atoms with E-state index in [9.17, 15) is 0 Å². The van der Waals surface area contributed by atoms with Crippen LogP contribution in [0.5, 0.6) is 0 Å². The molecule has 0 nitrogen and oxygen atoms in total. The molecule has 0 aromatic carbocycles.